The lowest BCUT2D eigenvalue weighted by molar-refractivity contribution is -0.120. The number of anilines is 1. The average molecular weight is 463 g/mol. The van der Waals surface area contributed by atoms with Crippen molar-refractivity contribution in [3.8, 4) is 0 Å². The zero-order valence-electron chi connectivity index (χ0n) is 19.6. The number of amides is 3. The molecule has 1 fully saturated rings. The predicted molar refractivity (Wildman–Crippen MR) is 128 cm³/mol. The standard InChI is InChI=1S/C27H30N2O5/c1-17(2)16-23(29-25(31)21-10-6-7-11-22(21)26(29)32)24(30)28-19-14-12-18(13-15-19)27(33)34-20-8-4-3-5-9-20/h6-7,10-15,17,20,23H,3-5,8-9,16H2,1-2H3,(H,28,30). The SMILES string of the molecule is CC(C)CC(C(=O)Nc1ccc(C(=O)OC2CCCCC2)cc1)N1C(=O)c2ccccc2C1=O. The summed E-state index contributed by atoms with van der Waals surface area (Å²) in [5.41, 5.74) is 1.53. The highest BCUT2D eigenvalue weighted by molar-refractivity contribution is 6.23. The van der Waals surface area contributed by atoms with Crippen molar-refractivity contribution in [2.75, 3.05) is 5.32 Å². The number of benzene rings is 2. The maximum absolute atomic E-state index is 13.2. The summed E-state index contributed by atoms with van der Waals surface area (Å²) in [5.74, 6) is -1.64. The number of rotatable bonds is 7. The summed E-state index contributed by atoms with van der Waals surface area (Å²) in [6.45, 7) is 3.87. The lowest BCUT2D eigenvalue weighted by Gasteiger charge is -2.26. The molecule has 178 valence electrons. The molecule has 1 unspecified atom stereocenters. The van der Waals surface area contributed by atoms with Crippen LogP contribution in [0.5, 0.6) is 0 Å². The van der Waals surface area contributed by atoms with Gasteiger partial charge in [0.05, 0.1) is 16.7 Å². The molecule has 1 atom stereocenters. The number of ether oxygens (including phenoxy) is 1. The summed E-state index contributed by atoms with van der Waals surface area (Å²) >= 11 is 0. The van der Waals surface area contributed by atoms with E-state index in [9.17, 15) is 19.2 Å². The van der Waals surface area contributed by atoms with Gasteiger partial charge in [-0.2, -0.15) is 0 Å². The molecule has 0 saturated heterocycles. The van der Waals surface area contributed by atoms with Gasteiger partial charge in [0.25, 0.3) is 11.8 Å². The summed E-state index contributed by atoms with van der Waals surface area (Å²) in [5, 5.41) is 2.80. The second kappa shape index (κ2) is 10.2. The smallest absolute Gasteiger partial charge is 0.338 e. The number of nitrogens with one attached hydrogen (secondary N) is 1. The first-order valence-electron chi connectivity index (χ1n) is 11.9. The molecule has 0 aromatic heterocycles. The quantitative estimate of drug-likeness (QED) is 0.470. The summed E-state index contributed by atoms with van der Waals surface area (Å²) in [6, 6.07) is 12.1. The van der Waals surface area contributed by atoms with Crippen LogP contribution in [0.3, 0.4) is 0 Å². The predicted octanol–water partition coefficient (Wildman–Crippen LogP) is 4.83. The van der Waals surface area contributed by atoms with Gasteiger partial charge in [-0.3, -0.25) is 19.3 Å². The third kappa shape index (κ3) is 5.03. The van der Waals surface area contributed by atoms with E-state index in [1.54, 1.807) is 48.5 Å². The van der Waals surface area contributed by atoms with Crippen LogP contribution in [0.15, 0.2) is 48.5 Å². The number of hydrogen-bond acceptors (Lipinski definition) is 5. The summed E-state index contributed by atoms with van der Waals surface area (Å²) < 4.78 is 5.59. The largest absolute Gasteiger partial charge is 0.459 e. The van der Waals surface area contributed by atoms with E-state index in [2.05, 4.69) is 5.32 Å². The molecule has 7 heteroatoms. The summed E-state index contributed by atoms with van der Waals surface area (Å²) in [6.07, 6.45) is 5.44. The fraction of sp³-hybridized carbons (Fsp3) is 0.407. The van der Waals surface area contributed by atoms with E-state index < -0.39 is 23.8 Å². The van der Waals surface area contributed by atoms with Crippen LogP contribution < -0.4 is 5.32 Å². The number of imide groups is 1. The first-order chi connectivity index (χ1) is 16.3. The Morgan fingerprint density at radius 1 is 0.941 bits per heavy atom. The maximum atomic E-state index is 13.2. The van der Waals surface area contributed by atoms with Crippen molar-refractivity contribution in [1.29, 1.82) is 0 Å². The van der Waals surface area contributed by atoms with E-state index in [4.69, 9.17) is 4.74 Å². The minimum absolute atomic E-state index is 0.0305. The molecule has 2 aromatic rings. The number of carbonyl (C=O) groups excluding carboxylic acids is 4. The maximum Gasteiger partial charge on any atom is 0.338 e. The Bertz CT molecular complexity index is 1050. The van der Waals surface area contributed by atoms with Crippen molar-refractivity contribution in [2.45, 2.75) is 64.5 Å². The van der Waals surface area contributed by atoms with Gasteiger partial charge in [0.1, 0.15) is 12.1 Å². The van der Waals surface area contributed by atoms with Crippen LogP contribution in [-0.2, 0) is 9.53 Å². The molecule has 1 aliphatic carbocycles. The van der Waals surface area contributed by atoms with Gasteiger partial charge in [-0.25, -0.2) is 4.79 Å². The van der Waals surface area contributed by atoms with Gasteiger partial charge in [-0.1, -0.05) is 32.4 Å². The fourth-order valence-corrected chi connectivity index (χ4v) is 4.58. The number of esters is 1. The lowest BCUT2D eigenvalue weighted by atomic mass is 9.98. The van der Waals surface area contributed by atoms with Gasteiger partial charge < -0.3 is 10.1 Å². The topological polar surface area (TPSA) is 92.8 Å². The average Bonchev–Trinajstić information content (AvgIpc) is 3.08. The first-order valence-corrected chi connectivity index (χ1v) is 11.9. The van der Waals surface area contributed by atoms with Crippen LogP contribution in [0, 0.1) is 5.92 Å². The van der Waals surface area contributed by atoms with E-state index in [1.807, 2.05) is 13.8 Å². The van der Waals surface area contributed by atoms with Gasteiger partial charge in [0.15, 0.2) is 0 Å². The number of hydrogen-bond donors (Lipinski definition) is 1. The van der Waals surface area contributed by atoms with Gasteiger partial charge in [0, 0.05) is 5.69 Å². The van der Waals surface area contributed by atoms with Gasteiger partial charge in [0.2, 0.25) is 5.91 Å². The van der Waals surface area contributed by atoms with Crippen LogP contribution in [0.4, 0.5) is 5.69 Å². The first kappa shape index (κ1) is 23.7. The number of fused-ring (bicyclic) bond motifs is 1. The molecule has 1 saturated carbocycles. The van der Waals surface area contributed by atoms with Crippen molar-refractivity contribution in [3.05, 3.63) is 65.2 Å². The van der Waals surface area contributed by atoms with Crippen molar-refractivity contribution >= 4 is 29.4 Å². The Balaban J connectivity index is 1.45. The minimum atomic E-state index is -0.941. The fourth-order valence-electron chi connectivity index (χ4n) is 4.58. The molecule has 0 bridgehead atoms. The van der Waals surface area contributed by atoms with E-state index in [0.717, 1.165) is 30.6 Å². The van der Waals surface area contributed by atoms with Crippen molar-refractivity contribution in [1.82, 2.24) is 4.90 Å². The third-order valence-corrected chi connectivity index (χ3v) is 6.35. The van der Waals surface area contributed by atoms with Gasteiger partial charge in [-0.05, 0) is 74.4 Å². The van der Waals surface area contributed by atoms with Crippen molar-refractivity contribution in [2.24, 2.45) is 5.92 Å². The second-order valence-corrected chi connectivity index (χ2v) is 9.40. The molecular formula is C27H30N2O5. The van der Waals surface area contributed by atoms with Gasteiger partial charge >= 0.3 is 5.97 Å². The Labute approximate surface area is 199 Å². The summed E-state index contributed by atoms with van der Waals surface area (Å²) in [7, 11) is 0. The molecule has 1 N–H and O–H groups in total. The van der Waals surface area contributed by atoms with Crippen molar-refractivity contribution < 1.29 is 23.9 Å². The molecular weight excluding hydrogens is 432 g/mol. The molecule has 1 aliphatic heterocycles. The highest BCUT2D eigenvalue weighted by atomic mass is 16.5. The lowest BCUT2D eigenvalue weighted by Crippen LogP contribution is -2.47. The molecule has 0 radical (unpaired) electrons. The van der Waals surface area contributed by atoms with Crippen LogP contribution in [-0.4, -0.2) is 40.7 Å². The molecule has 7 nitrogen and oxygen atoms in total. The zero-order valence-corrected chi connectivity index (χ0v) is 19.6. The molecule has 3 amide bonds. The Morgan fingerprint density at radius 3 is 2.09 bits per heavy atom. The number of nitrogens with zero attached hydrogens (tertiary/aromatic N) is 1. The zero-order chi connectivity index (χ0) is 24.2. The van der Waals surface area contributed by atoms with Crippen LogP contribution in [0.1, 0.15) is 83.4 Å². The highest BCUT2D eigenvalue weighted by Crippen LogP contribution is 2.28. The van der Waals surface area contributed by atoms with Crippen molar-refractivity contribution in [3.63, 3.8) is 0 Å². The molecule has 1 heterocycles. The number of carbonyl (C=O) groups is 4. The Morgan fingerprint density at radius 2 is 1.53 bits per heavy atom. The van der Waals surface area contributed by atoms with E-state index in [1.165, 1.54) is 6.42 Å². The minimum Gasteiger partial charge on any atom is -0.459 e. The third-order valence-electron chi connectivity index (χ3n) is 6.35. The normalized spacial score (nSPS) is 17.0. The van der Waals surface area contributed by atoms with Gasteiger partial charge in [-0.15, -0.1) is 0 Å². The summed E-state index contributed by atoms with van der Waals surface area (Å²) in [4.78, 5) is 52.6. The monoisotopic (exact) mass is 462 g/mol. The van der Waals surface area contributed by atoms with E-state index >= 15 is 0 Å². The van der Waals surface area contributed by atoms with E-state index in [-0.39, 0.29) is 18.0 Å². The van der Waals surface area contributed by atoms with Crippen LogP contribution in [0.2, 0.25) is 0 Å². The Kier molecular flexibility index (Phi) is 7.10. The van der Waals surface area contributed by atoms with E-state index in [0.29, 0.717) is 28.8 Å². The molecule has 0 spiro atoms. The molecule has 34 heavy (non-hydrogen) atoms. The molecule has 2 aromatic carbocycles. The highest BCUT2D eigenvalue weighted by Gasteiger charge is 2.42. The van der Waals surface area contributed by atoms with Crippen LogP contribution in [0.25, 0.3) is 0 Å². The molecule has 2 aliphatic rings. The molecule has 4 rings (SSSR count). The Hall–Kier alpha value is -3.48. The van der Waals surface area contributed by atoms with Crippen LogP contribution >= 0.6 is 0 Å². The second-order valence-electron chi connectivity index (χ2n) is 9.40.